The van der Waals surface area contributed by atoms with Crippen LogP contribution in [0.25, 0.3) is 0 Å². The molecular weight excluding hydrogens is 202 g/mol. The fourth-order valence-corrected chi connectivity index (χ4v) is 2.09. The standard InChI is InChI=1S/C12H25N3O/c1-15(8-4-2-7-12(13)14)10-11-6-3-5-9-16-11/h11H,2-10H2,1H3,(H3,13,14). The predicted octanol–water partition coefficient (Wildman–Crippen LogP) is 1.59. The molecule has 0 aromatic carbocycles. The second kappa shape index (κ2) is 7.63. The molecule has 0 aliphatic carbocycles. The third kappa shape index (κ3) is 6.08. The SMILES string of the molecule is CN(CCCCC(=N)N)CC1CCCCO1. The maximum absolute atomic E-state index is 7.13. The minimum Gasteiger partial charge on any atom is -0.388 e. The fourth-order valence-electron chi connectivity index (χ4n) is 2.09. The van der Waals surface area contributed by atoms with Crippen molar-refractivity contribution in [3.8, 4) is 0 Å². The molecule has 1 rings (SSSR count). The summed E-state index contributed by atoms with van der Waals surface area (Å²) in [5, 5.41) is 7.13. The lowest BCUT2D eigenvalue weighted by molar-refractivity contribution is -0.00157. The van der Waals surface area contributed by atoms with Crippen molar-refractivity contribution in [2.75, 3.05) is 26.7 Å². The molecule has 1 heterocycles. The number of amidine groups is 1. The van der Waals surface area contributed by atoms with Gasteiger partial charge >= 0.3 is 0 Å². The molecule has 1 aliphatic heterocycles. The molecule has 0 radical (unpaired) electrons. The molecule has 1 unspecified atom stereocenters. The molecule has 3 N–H and O–H groups in total. The Balaban J connectivity index is 2.01. The molecule has 1 aliphatic rings. The second-order valence-corrected chi connectivity index (χ2v) is 4.73. The topological polar surface area (TPSA) is 62.3 Å². The minimum absolute atomic E-state index is 0.304. The number of nitrogens with two attached hydrogens (primary N) is 1. The van der Waals surface area contributed by atoms with E-state index in [1.54, 1.807) is 0 Å². The number of nitrogens with zero attached hydrogens (tertiary/aromatic N) is 1. The van der Waals surface area contributed by atoms with Crippen molar-refractivity contribution in [1.82, 2.24) is 4.90 Å². The first-order valence-electron chi connectivity index (χ1n) is 6.31. The molecule has 4 nitrogen and oxygen atoms in total. The number of nitrogens with one attached hydrogen (secondary N) is 1. The third-order valence-corrected chi connectivity index (χ3v) is 3.03. The third-order valence-electron chi connectivity index (χ3n) is 3.03. The summed E-state index contributed by atoms with van der Waals surface area (Å²) in [5.74, 6) is 0.304. The molecule has 0 bridgehead atoms. The summed E-state index contributed by atoms with van der Waals surface area (Å²) >= 11 is 0. The van der Waals surface area contributed by atoms with Crippen molar-refractivity contribution in [2.24, 2.45) is 5.73 Å². The van der Waals surface area contributed by atoms with Crippen LogP contribution in [0.4, 0.5) is 0 Å². The van der Waals surface area contributed by atoms with Crippen molar-refractivity contribution in [1.29, 1.82) is 5.41 Å². The quantitative estimate of drug-likeness (QED) is 0.394. The van der Waals surface area contributed by atoms with Crippen LogP contribution in [0, 0.1) is 5.41 Å². The van der Waals surface area contributed by atoms with E-state index in [4.69, 9.17) is 15.9 Å². The summed E-state index contributed by atoms with van der Waals surface area (Å²) in [4.78, 5) is 2.33. The van der Waals surface area contributed by atoms with Gasteiger partial charge in [0.2, 0.25) is 0 Å². The molecule has 0 saturated carbocycles. The lowest BCUT2D eigenvalue weighted by Crippen LogP contribution is -2.33. The molecule has 4 heteroatoms. The van der Waals surface area contributed by atoms with Crippen molar-refractivity contribution in [2.45, 2.75) is 44.6 Å². The van der Waals surface area contributed by atoms with E-state index in [2.05, 4.69) is 11.9 Å². The second-order valence-electron chi connectivity index (χ2n) is 4.73. The largest absolute Gasteiger partial charge is 0.388 e. The Morgan fingerprint density at radius 2 is 2.25 bits per heavy atom. The molecule has 0 spiro atoms. The zero-order chi connectivity index (χ0) is 11.8. The zero-order valence-corrected chi connectivity index (χ0v) is 10.4. The number of ether oxygens (including phenoxy) is 1. The monoisotopic (exact) mass is 227 g/mol. The van der Waals surface area contributed by atoms with Crippen molar-refractivity contribution in [3.63, 3.8) is 0 Å². The zero-order valence-electron chi connectivity index (χ0n) is 10.4. The molecule has 16 heavy (non-hydrogen) atoms. The summed E-state index contributed by atoms with van der Waals surface area (Å²) in [6.07, 6.45) is 7.04. The van der Waals surface area contributed by atoms with Crippen LogP contribution < -0.4 is 5.73 Å². The average Bonchev–Trinajstić information content (AvgIpc) is 2.25. The van der Waals surface area contributed by atoms with Gasteiger partial charge in [-0.2, -0.15) is 0 Å². The van der Waals surface area contributed by atoms with Crippen molar-refractivity contribution < 1.29 is 4.74 Å². The Morgan fingerprint density at radius 1 is 1.44 bits per heavy atom. The molecule has 1 atom stereocenters. The van der Waals surface area contributed by atoms with Gasteiger partial charge in [-0.15, -0.1) is 0 Å². The van der Waals surface area contributed by atoms with Crippen molar-refractivity contribution >= 4 is 5.84 Å². The van der Waals surface area contributed by atoms with E-state index in [1.165, 1.54) is 19.3 Å². The van der Waals surface area contributed by atoms with Crippen LogP contribution in [0.2, 0.25) is 0 Å². The Morgan fingerprint density at radius 3 is 2.88 bits per heavy atom. The first kappa shape index (κ1) is 13.5. The number of hydrogen-bond acceptors (Lipinski definition) is 3. The Bertz CT molecular complexity index is 202. The molecule has 94 valence electrons. The molecule has 1 fully saturated rings. The highest BCUT2D eigenvalue weighted by atomic mass is 16.5. The van der Waals surface area contributed by atoms with Gasteiger partial charge in [0.25, 0.3) is 0 Å². The Labute approximate surface area is 98.6 Å². The Kier molecular flexibility index (Phi) is 6.42. The van der Waals surface area contributed by atoms with Gasteiger partial charge in [0, 0.05) is 19.6 Å². The van der Waals surface area contributed by atoms with Crippen LogP contribution in [0.15, 0.2) is 0 Å². The van der Waals surface area contributed by atoms with Crippen LogP contribution in [-0.4, -0.2) is 43.6 Å². The van der Waals surface area contributed by atoms with Crippen LogP contribution >= 0.6 is 0 Å². The van der Waals surface area contributed by atoms with E-state index in [0.717, 1.165) is 39.0 Å². The number of hydrogen-bond donors (Lipinski definition) is 2. The van der Waals surface area contributed by atoms with E-state index in [1.807, 2.05) is 0 Å². The smallest absolute Gasteiger partial charge is 0.0905 e. The van der Waals surface area contributed by atoms with E-state index in [0.29, 0.717) is 11.9 Å². The van der Waals surface area contributed by atoms with Crippen LogP contribution in [-0.2, 0) is 4.74 Å². The predicted molar refractivity (Wildman–Crippen MR) is 66.9 cm³/mol. The maximum Gasteiger partial charge on any atom is 0.0905 e. The summed E-state index contributed by atoms with van der Waals surface area (Å²) < 4.78 is 5.70. The first-order valence-corrected chi connectivity index (χ1v) is 6.31. The maximum atomic E-state index is 7.13. The van der Waals surface area contributed by atoms with Gasteiger partial charge in [0.1, 0.15) is 0 Å². The molecule has 1 saturated heterocycles. The molecule has 0 aromatic heterocycles. The molecular formula is C12H25N3O. The van der Waals surface area contributed by atoms with Gasteiger partial charge in [-0.25, -0.2) is 0 Å². The van der Waals surface area contributed by atoms with E-state index in [-0.39, 0.29) is 0 Å². The van der Waals surface area contributed by atoms with E-state index >= 15 is 0 Å². The first-order chi connectivity index (χ1) is 7.68. The highest BCUT2D eigenvalue weighted by Gasteiger charge is 2.15. The average molecular weight is 227 g/mol. The van der Waals surface area contributed by atoms with Crippen LogP contribution in [0.5, 0.6) is 0 Å². The summed E-state index contributed by atoms with van der Waals surface area (Å²) in [6.45, 7) is 3.05. The van der Waals surface area contributed by atoms with Gasteiger partial charge in [-0.3, -0.25) is 5.41 Å². The van der Waals surface area contributed by atoms with Gasteiger partial charge in [0.05, 0.1) is 11.9 Å². The Hall–Kier alpha value is -0.610. The van der Waals surface area contributed by atoms with Gasteiger partial charge in [-0.05, 0) is 45.7 Å². The fraction of sp³-hybridized carbons (Fsp3) is 0.917. The summed E-state index contributed by atoms with van der Waals surface area (Å²) in [7, 11) is 2.14. The van der Waals surface area contributed by atoms with Gasteiger partial charge in [0.15, 0.2) is 0 Å². The van der Waals surface area contributed by atoms with Crippen molar-refractivity contribution in [3.05, 3.63) is 0 Å². The summed E-state index contributed by atoms with van der Waals surface area (Å²) in [5.41, 5.74) is 5.31. The lowest BCUT2D eigenvalue weighted by Gasteiger charge is -2.27. The minimum atomic E-state index is 0.304. The van der Waals surface area contributed by atoms with Crippen LogP contribution in [0.1, 0.15) is 38.5 Å². The number of rotatable bonds is 7. The highest BCUT2D eigenvalue weighted by Crippen LogP contribution is 2.13. The molecule has 0 aromatic rings. The molecule has 0 amide bonds. The normalized spacial score (nSPS) is 21.2. The number of unbranched alkanes of at least 4 members (excludes halogenated alkanes) is 1. The van der Waals surface area contributed by atoms with Gasteiger partial charge < -0.3 is 15.4 Å². The van der Waals surface area contributed by atoms with Gasteiger partial charge in [-0.1, -0.05) is 0 Å². The highest BCUT2D eigenvalue weighted by molar-refractivity contribution is 5.76. The van der Waals surface area contributed by atoms with Crippen LogP contribution in [0.3, 0.4) is 0 Å². The van der Waals surface area contributed by atoms with E-state index < -0.39 is 0 Å². The lowest BCUT2D eigenvalue weighted by atomic mass is 10.1. The number of likely N-dealkylation sites (N-methyl/N-ethyl adjacent to an activating group) is 1. The van der Waals surface area contributed by atoms with E-state index in [9.17, 15) is 0 Å². The summed E-state index contributed by atoms with van der Waals surface area (Å²) in [6, 6.07) is 0.